The molecule has 7 nitrogen and oxygen atoms in total. The van der Waals surface area contributed by atoms with Crippen LogP contribution in [0.1, 0.15) is 10.4 Å². The predicted molar refractivity (Wildman–Crippen MR) is 60.7 cm³/mol. The van der Waals surface area contributed by atoms with E-state index in [0.717, 1.165) is 30.7 Å². The molecule has 2 aromatic rings. The monoisotopic (exact) mass is 286 g/mol. The first-order valence-corrected chi connectivity index (χ1v) is 6.33. The van der Waals surface area contributed by atoms with Gasteiger partial charge in [0.2, 0.25) is 0 Å². The third kappa shape index (κ3) is 2.71. The molecule has 0 aliphatic rings. The van der Waals surface area contributed by atoms with Crippen molar-refractivity contribution in [1.82, 2.24) is 5.16 Å². The molecule has 0 bridgehead atoms. The molecule has 1 aromatic carbocycles. The number of aromatic carboxylic acids is 1. The molecular weight excluding hydrogens is 279 g/mol. The number of aromatic nitrogens is 1. The Morgan fingerprint density at radius 3 is 2.74 bits per heavy atom. The number of anilines is 1. The van der Waals surface area contributed by atoms with E-state index in [0.29, 0.717) is 0 Å². The standard InChI is InChI=1S/C10H7FN2O5S/c11-9-2-1-7(3-8(9)10(14)15)19(16,17)13-6-4-12-18-5-6/h1-5,13H,(H,14,15). The summed E-state index contributed by atoms with van der Waals surface area (Å²) in [7, 11) is -4.04. The first-order valence-electron chi connectivity index (χ1n) is 4.85. The molecule has 1 heterocycles. The Morgan fingerprint density at radius 2 is 2.16 bits per heavy atom. The van der Waals surface area contributed by atoms with Crippen LogP contribution in [-0.2, 0) is 10.0 Å². The van der Waals surface area contributed by atoms with E-state index in [1.54, 1.807) is 0 Å². The van der Waals surface area contributed by atoms with Gasteiger partial charge < -0.3 is 9.63 Å². The van der Waals surface area contributed by atoms with Crippen LogP contribution in [0.3, 0.4) is 0 Å². The Balaban J connectivity index is 2.41. The number of halogens is 1. The van der Waals surface area contributed by atoms with Crippen molar-refractivity contribution in [2.75, 3.05) is 4.72 Å². The number of carbonyl (C=O) groups is 1. The van der Waals surface area contributed by atoms with Crippen molar-refractivity contribution in [3.63, 3.8) is 0 Å². The largest absolute Gasteiger partial charge is 0.478 e. The second-order valence-electron chi connectivity index (χ2n) is 3.47. The molecule has 9 heteroatoms. The smallest absolute Gasteiger partial charge is 0.338 e. The number of carboxylic acid groups (broad SMARTS) is 1. The van der Waals surface area contributed by atoms with Gasteiger partial charge >= 0.3 is 5.97 Å². The third-order valence-corrected chi connectivity index (χ3v) is 3.54. The normalized spacial score (nSPS) is 11.2. The highest BCUT2D eigenvalue weighted by molar-refractivity contribution is 7.92. The van der Waals surface area contributed by atoms with Crippen LogP contribution in [0, 0.1) is 5.82 Å². The van der Waals surface area contributed by atoms with Crippen LogP contribution in [0.25, 0.3) is 0 Å². The molecule has 0 amide bonds. The number of hydrogen-bond donors (Lipinski definition) is 2. The number of carboxylic acids is 1. The Hall–Kier alpha value is -2.42. The van der Waals surface area contributed by atoms with Crippen molar-refractivity contribution in [2.45, 2.75) is 4.90 Å². The Morgan fingerprint density at radius 1 is 1.42 bits per heavy atom. The van der Waals surface area contributed by atoms with Gasteiger partial charge in [-0.15, -0.1) is 0 Å². The lowest BCUT2D eigenvalue weighted by atomic mass is 10.2. The second kappa shape index (κ2) is 4.69. The van der Waals surface area contributed by atoms with Crippen molar-refractivity contribution in [2.24, 2.45) is 0 Å². The zero-order chi connectivity index (χ0) is 14.0. The van der Waals surface area contributed by atoms with Crippen molar-refractivity contribution in [3.8, 4) is 0 Å². The molecule has 0 aliphatic carbocycles. The van der Waals surface area contributed by atoms with Crippen LogP contribution in [0.4, 0.5) is 10.1 Å². The van der Waals surface area contributed by atoms with Gasteiger partial charge in [0.15, 0.2) is 0 Å². The minimum atomic E-state index is -4.04. The molecule has 1 aromatic heterocycles. The molecule has 0 aliphatic heterocycles. The second-order valence-corrected chi connectivity index (χ2v) is 5.15. The van der Waals surface area contributed by atoms with E-state index >= 15 is 0 Å². The van der Waals surface area contributed by atoms with Crippen molar-refractivity contribution in [1.29, 1.82) is 0 Å². The molecule has 0 unspecified atom stereocenters. The fourth-order valence-corrected chi connectivity index (χ4v) is 2.35. The van der Waals surface area contributed by atoms with Gasteiger partial charge in [-0.3, -0.25) is 4.72 Å². The van der Waals surface area contributed by atoms with Gasteiger partial charge in [0, 0.05) is 0 Å². The van der Waals surface area contributed by atoms with Gasteiger partial charge in [-0.05, 0) is 18.2 Å². The zero-order valence-corrected chi connectivity index (χ0v) is 10.0. The fraction of sp³-hybridized carbons (Fsp3) is 0. The third-order valence-electron chi connectivity index (χ3n) is 2.16. The summed E-state index contributed by atoms with van der Waals surface area (Å²) >= 11 is 0. The first-order chi connectivity index (χ1) is 8.90. The topological polar surface area (TPSA) is 110 Å². The molecule has 0 fully saturated rings. The van der Waals surface area contributed by atoms with E-state index < -0.39 is 27.4 Å². The molecule has 19 heavy (non-hydrogen) atoms. The highest BCUT2D eigenvalue weighted by Gasteiger charge is 2.19. The fourth-order valence-electron chi connectivity index (χ4n) is 1.30. The lowest BCUT2D eigenvalue weighted by Gasteiger charge is -2.06. The summed E-state index contributed by atoms with van der Waals surface area (Å²) in [4.78, 5) is 10.4. The maximum atomic E-state index is 13.2. The van der Waals surface area contributed by atoms with Crippen molar-refractivity contribution in [3.05, 3.63) is 42.0 Å². The van der Waals surface area contributed by atoms with Gasteiger partial charge in [-0.1, -0.05) is 5.16 Å². The number of hydrogen-bond acceptors (Lipinski definition) is 5. The van der Waals surface area contributed by atoms with Crippen LogP contribution in [0.5, 0.6) is 0 Å². The summed E-state index contributed by atoms with van der Waals surface area (Å²) in [5.41, 5.74) is -0.658. The Kier molecular flexibility index (Phi) is 3.21. The van der Waals surface area contributed by atoms with Gasteiger partial charge in [0.1, 0.15) is 17.8 Å². The van der Waals surface area contributed by atoms with Crippen LogP contribution >= 0.6 is 0 Å². The molecule has 0 saturated heterocycles. The molecular formula is C10H7FN2O5S. The minimum Gasteiger partial charge on any atom is -0.478 e. The van der Waals surface area contributed by atoms with E-state index in [9.17, 15) is 17.6 Å². The summed E-state index contributed by atoms with van der Waals surface area (Å²) in [5.74, 6) is -2.57. The summed E-state index contributed by atoms with van der Waals surface area (Å²) in [6, 6.07) is 2.46. The van der Waals surface area contributed by atoms with Crippen molar-refractivity contribution < 1.29 is 27.2 Å². The zero-order valence-electron chi connectivity index (χ0n) is 9.20. The Bertz CT molecular complexity index is 712. The average Bonchev–Trinajstić information content (AvgIpc) is 2.80. The molecule has 0 atom stereocenters. The highest BCUT2D eigenvalue weighted by atomic mass is 32.2. The van der Waals surface area contributed by atoms with Crippen LogP contribution in [0.15, 0.2) is 40.1 Å². The van der Waals surface area contributed by atoms with Crippen LogP contribution < -0.4 is 4.72 Å². The van der Waals surface area contributed by atoms with E-state index in [1.165, 1.54) is 0 Å². The highest BCUT2D eigenvalue weighted by Crippen LogP contribution is 2.18. The van der Waals surface area contributed by atoms with Gasteiger partial charge in [0.25, 0.3) is 10.0 Å². The number of nitrogens with one attached hydrogen (secondary N) is 1. The van der Waals surface area contributed by atoms with Crippen LogP contribution in [0.2, 0.25) is 0 Å². The number of sulfonamides is 1. The van der Waals surface area contributed by atoms with Gasteiger partial charge in [0.05, 0.1) is 16.7 Å². The SMILES string of the molecule is O=C(O)c1cc(S(=O)(=O)Nc2cnoc2)ccc1F. The lowest BCUT2D eigenvalue weighted by Crippen LogP contribution is -2.14. The van der Waals surface area contributed by atoms with Gasteiger partial charge in [-0.25, -0.2) is 17.6 Å². The predicted octanol–water partition coefficient (Wildman–Crippen LogP) is 1.31. The van der Waals surface area contributed by atoms with Gasteiger partial charge in [-0.2, -0.15) is 0 Å². The summed E-state index contributed by atoms with van der Waals surface area (Å²) in [5, 5.41) is 12.0. The summed E-state index contributed by atoms with van der Waals surface area (Å²) in [6.07, 6.45) is 2.18. The number of benzene rings is 1. The number of rotatable bonds is 4. The van der Waals surface area contributed by atoms with E-state index in [4.69, 9.17) is 5.11 Å². The Labute approximate surface area is 106 Å². The molecule has 2 rings (SSSR count). The average molecular weight is 286 g/mol. The van der Waals surface area contributed by atoms with E-state index in [1.807, 2.05) is 0 Å². The lowest BCUT2D eigenvalue weighted by molar-refractivity contribution is 0.0691. The molecule has 0 saturated carbocycles. The minimum absolute atomic E-state index is 0.0706. The molecule has 100 valence electrons. The maximum absolute atomic E-state index is 13.2. The molecule has 0 radical (unpaired) electrons. The molecule has 0 spiro atoms. The summed E-state index contributed by atoms with van der Waals surface area (Å²) in [6.45, 7) is 0. The quantitative estimate of drug-likeness (QED) is 0.877. The van der Waals surface area contributed by atoms with E-state index in [2.05, 4.69) is 14.4 Å². The van der Waals surface area contributed by atoms with Crippen LogP contribution in [-0.4, -0.2) is 24.7 Å². The summed E-state index contributed by atoms with van der Waals surface area (Å²) < 4.78 is 43.5. The number of nitrogens with zero attached hydrogens (tertiary/aromatic N) is 1. The van der Waals surface area contributed by atoms with E-state index in [-0.39, 0.29) is 10.6 Å². The first kappa shape index (κ1) is 13.0. The molecule has 2 N–H and O–H groups in total. The van der Waals surface area contributed by atoms with Crippen molar-refractivity contribution >= 4 is 21.7 Å². The maximum Gasteiger partial charge on any atom is 0.338 e.